The van der Waals surface area contributed by atoms with Crippen molar-refractivity contribution in [3.63, 3.8) is 0 Å². The molecule has 0 heterocycles. The van der Waals surface area contributed by atoms with Crippen LogP contribution >= 0.6 is 0 Å². The molecule has 0 rings (SSSR count). The Morgan fingerprint density at radius 3 is 2.08 bits per heavy atom. The first-order chi connectivity index (χ1) is 6.08. The van der Waals surface area contributed by atoms with Gasteiger partial charge in [0.15, 0.2) is 0 Å². The van der Waals surface area contributed by atoms with Crippen LogP contribution in [0.4, 0.5) is 0 Å². The van der Waals surface area contributed by atoms with Gasteiger partial charge in [-0.3, -0.25) is 0 Å². The smallest absolute Gasteiger partial charge is 0.212 e. The topological polar surface area (TPSA) is 37.4 Å². The fourth-order valence-corrected chi connectivity index (χ4v) is 2.79. The minimum absolute atomic E-state index is 0.282. The quantitative estimate of drug-likeness (QED) is 0.639. The van der Waals surface area contributed by atoms with E-state index in [0.717, 1.165) is 12.8 Å². The summed E-state index contributed by atoms with van der Waals surface area (Å²) in [6, 6.07) is 0. The summed E-state index contributed by atoms with van der Waals surface area (Å²) < 4.78 is 24.8. The predicted octanol–water partition coefficient (Wildman–Crippen LogP) is 1.85. The van der Waals surface area contributed by atoms with Crippen molar-refractivity contribution < 1.29 is 8.42 Å². The highest BCUT2D eigenvalue weighted by atomic mass is 32.2. The van der Waals surface area contributed by atoms with E-state index < -0.39 is 10.0 Å². The summed E-state index contributed by atoms with van der Waals surface area (Å²) in [7, 11) is -2.96. The summed E-state index contributed by atoms with van der Waals surface area (Å²) in [5, 5.41) is 0. The third-order valence-corrected chi connectivity index (χ3v) is 4.12. The van der Waals surface area contributed by atoms with E-state index in [1.165, 1.54) is 0 Å². The largest absolute Gasteiger partial charge is 0.214 e. The van der Waals surface area contributed by atoms with E-state index in [2.05, 4.69) is 6.92 Å². The van der Waals surface area contributed by atoms with Crippen LogP contribution in [0.3, 0.4) is 0 Å². The standard InChI is InChI=1S/C9H21NO2S/c1-4-7-8-10(6-3)13(11,12)9-5-2/h4-9H2,1-3H3. The zero-order chi connectivity index (χ0) is 10.3. The van der Waals surface area contributed by atoms with Gasteiger partial charge in [-0.2, -0.15) is 0 Å². The first-order valence-electron chi connectivity index (χ1n) is 5.06. The van der Waals surface area contributed by atoms with Crippen molar-refractivity contribution >= 4 is 10.0 Å². The molecule has 0 aromatic carbocycles. The molecule has 0 saturated heterocycles. The molecule has 0 radical (unpaired) electrons. The number of hydrogen-bond acceptors (Lipinski definition) is 2. The number of rotatable bonds is 7. The highest BCUT2D eigenvalue weighted by Crippen LogP contribution is 2.04. The Morgan fingerprint density at radius 2 is 1.69 bits per heavy atom. The summed E-state index contributed by atoms with van der Waals surface area (Å²) in [5.74, 6) is 0.282. The lowest BCUT2D eigenvalue weighted by Crippen LogP contribution is -2.33. The Kier molecular flexibility index (Phi) is 6.33. The average Bonchev–Trinajstić information content (AvgIpc) is 2.05. The Bertz CT molecular complexity index is 212. The fraction of sp³-hybridized carbons (Fsp3) is 1.00. The molecule has 0 amide bonds. The summed E-state index contributed by atoms with van der Waals surface area (Å²) in [5.41, 5.74) is 0. The van der Waals surface area contributed by atoms with Crippen LogP contribution < -0.4 is 0 Å². The summed E-state index contributed by atoms with van der Waals surface area (Å²) in [6.45, 7) is 7.13. The SMILES string of the molecule is CCCCN(CC)S(=O)(=O)CCC. The molecule has 4 heteroatoms. The van der Waals surface area contributed by atoms with Crippen LogP contribution in [0.15, 0.2) is 0 Å². The maximum absolute atomic E-state index is 11.6. The van der Waals surface area contributed by atoms with E-state index in [-0.39, 0.29) is 5.75 Å². The molecule has 0 spiro atoms. The van der Waals surface area contributed by atoms with Crippen LogP contribution in [0.5, 0.6) is 0 Å². The Hall–Kier alpha value is -0.0900. The number of sulfonamides is 1. The monoisotopic (exact) mass is 207 g/mol. The molecule has 0 fully saturated rings. The van der Waals surface area contributed by atoms with Gasteiger partial charge in [0.25, 0.3) is 0 Å². The molecule has 0 aliphatic rings. The molecule has 0 aromatic heterocycles. The van der Waals surface area contributed by atoms with Crippen molar-refractivity contribution in [1.82, 2.24) is 4.31 Å². The molecule has 0 saturated carbocycles. The van der Waals surface area contributed by atoms with Crippen LogP contribution in [0, 0.1) is 0 Å². The molecule has 0 unspecified atom stereocenters. The van der Waals surface area contributed by atoms with Crippen LogP contribution in [-0.4, -0.2) is 31.6 Å². The minimum Gasteiger partial charge on any atom is -0.212 e. The van der Waals surface area contributed by atoms with Crippen LogP contribution in [0.25, 0.3) is 0 Å². The van der Waals surface area contributed by atoms with Crippen LogP contribution in [-0.2, 0) is 10.0 Å². The lowest BCUT2D eigenvalue weighted by atomic mass is 10.3. The second kappa shape index (κ2) is 6.38. The van der Waals surface area contributed by atoms with Crippen LogP contribution in [0.2, 0.25) is 0 Å². The maximum atomic E-state index is 11.6. The van der Waals surface area contributed by atoms with Crippen molar-refractivity contribution in [3.8, 4) is 0 Å². The van der Waals surface area contributed by atoms with Crippen LogP contribution in [0.1, 0.15) is 40.0 Å². The molecule has 3 nitrogen and oxygen atoms in total. The average molecular weight is 207 g/mol. The molecule has 0 aliphatic heterocycles. The van der Waals surface area contributed by atoms with Crippen molar-refractivity contribution in [1.29, 1.82) is 0 Å². The van der Waals surface area contributed by atoms with Gasteiger partial charge in [0.05, 0.1) is 5.75 Å². The van der Waals surface area contributed by atoms with Gasteiger partial charge in [-0.15, -0.1) is 0 Å². The van der Waals surface area contributed by atoms with Crippen molar-refractivity contribution in [2.45, 2.75) is 40.0 Å². The van der Waals surface area contributed by atoms with E-state index in [4.69, 9.17) is 0 Å². The maximum Gasteiger partial charge on any atom is 0.214 e. The molecule has 80 valence electrons. The van der Waals surface area contributed by atoms with Gasteiger partial charge in [-0.25, -0.2) is 12.7 Å². The molecule has 13 heavy (non-hydrogen) atoms. The Balaban J connectivity index is 4.20. The van der Waals surface area contributed by atoms with Gasteiger partial charge in [0.2, 0.25) is 10.0 Å². The Morgan fingerprint density at radius 1 is 1.08 bits per heavy atom. The summed E-state index contributed by atoms with van der Waals surface area (Å²) >= 11 is 0. The van der Waals surface area contributed by atoms with Gasteiger partial charge in [0.1, 0.15) is 0 Å². The van der Waals surface area contributed by atoms with Crippen molar-refractivity contribution in [2.24, 2.45) is 0 Å². The van der Waals surface area contributed by atoms with Crippen molar-refractivity contribution in [2.75, 3.05) is 18.8 Å². The molecule has 0 bridgehead atoms. The number of hydrogen-bond donors (Lipinski definition) is 0. The number of unbranched alkanes of at least 4 members (excludes halogenated alkanes) is 1. The summed E-state index contributed by atoms with van der Waals surface area (Å²) in [6.07, 6.45) is 2.69. The Labute approximate surface area is 82.2 Å². The van der Waals surface area contributed by atoms with E-state index in [0.29, 0.717) is 19.5 Å². The molecule has 0 N–H and O–H groups in total. The lowest BCUT2D eigenvalue weighted by Gasteiger charge is -2.19. The second-order valence-electron chi connectivity index (χ2n) is 3.16. The first-order valence-corrected chi connectivity index (χ1v) is 6.67. The van der Waals surface area contributed by atoms with E-state index in [1.807, 2.05) is 13.8 Å². The molecule has 0 aromatic rings. The van der Waals surface area contributed by atoms with E-state index in [9.17, 15) is 8.42 Å². The molecular weight excluding hydrogens is 186 g/mol. The fourth-order valence-electron chi connectivity index (χ4n) is 1.22. The van der Waals surface area contributed by atoms with Crippen molar-refractivity contribution in [3.05, 3.63) is 0 Å². The number of nitrogens with zero attached hydrogens (tertiary/aromatic N) is 1. The van der Waals surface area contributed by atoms with E-state index in [1.54, 1.807) is 4.31 Å². The lowest BCUT2D eigenvalue weighted by molar-refractivity contribution is 0.418. The zero-order valence-electron chi connectivity index (χ0n) is 8.91. The minimum atomic E-state index is -2.96. The zero-order valence-corrected chi connectivity index (χ0v) is 9.73. The van der Waals surface area contributed by atoms with Gasteiger partial charge in [-0.05, 0) is 12.8 Å². The highest BCUT2D eigenvalue weighted by Gasteiger charge is 2.17. The predicted molar refractivity (Wildman–Crippen MR) is 56.2 cm³/mol. The normalized spacial score (nSPS) is 12.3. The van der Waals surface area contributed by atoms with E-state index >= 15 is 0 Å². The summed E-state index contributed by atoms with van der Waals surface area (Å²) in [4.78, 5) is 0. The highest BCUT2D eigenvalue weighted by molar-refractivity contribution is 7.89. The molecular formula is C9H21NO2S. The van der Waals surface area contributed by atoms with Gasteiger partial charge >= 0.3 is 0 Å². The first kappa shape index (κ1) is 12.9. The third-order valence-electron chi connectivity index (χ3n) is 1.97. The van der Waals surface area contributed by atoms with Gasteiger partial charge in [0, 0.05) is 13.1 Å². The van der Waals surface area contributed by atoms with Gasteiger partial charge in [-0.1, -0.05) is 27.2 Å². The molecule has 0 atom stereocenters. The second-order valence-corrected chi connectivity index (χ2v) is 5.25. The third kappa shape index (κ3) is 4.62. The van der Waals surface area contributed by atoms with Gasteiger partial charge < -0.3 is 0 Å². The molecule has 0 aliphatic carbocycles.